The van der Waals surface area contributed by atoms with Crippen LogP contribution in [0, 0.1) is 0 Å². The van der Waals surface area contributed by atoms with Gasteiger partial charge in [0.25, 0.3) is 0 Å². The average Bonchev–Trinajstić information content (AvgIpc) is 2.97. The van der Waals surface area contributed by atoms with Crippen molar-refractivity contribution in [2.24, 2.45) is 0 Å². The van der Waals surface area contributed by atoms with Gasteiger partial charge in [0.1, 0.15) is 0 Å². The molecule has 0 spiro atoms. The van der Waals surface area contributed by atoms with Gasteiger partial charge in [0, 0.05) is 27.1 Å². The smallest absolute Gasteiger partial charge is 0.0188 e. The normalized spacial score (nSPS) is 16.6. The molecule has 0 bridgehead atoms. The Balaban J connectivity index is 1.95. The second-order valence-corrected chi connectivity index (χ2v) is 12.6. The minimum atomic E-state index is -3.59. The zero-order valence-electron chi connectivity index (χ0n) is 16.0. The van der Waals surface area contributed by atoms with Crippen LogP contribution < -0.4 is 9.79 Å². The molecule has 2 atom stereocenters. The maximum Gasteiger partial charge on any atom is 0.0188 e. The summed E-state index contributed by atoms with van der Waals surface area (Å²) in [6.07, 6.45) is -0.103. The highest BCUT2D eigenvalue weighted by atomic mass is 31.2. The van der Waals surface area contributed by atoms with Crippen LogP contribution in [0.5, 0.6) is 0 Å². The topological polar surface area (TPSA) is 80.3 Å². The Hall–Kier alpha value is -1.70. The van der Waals surface area contributed by atoms with Gasteiger partial charge in [-0.3, -0.25) is 0 Å². The number of benzene rings is 3. The van der Waals surface area contributed by atoms with Crippen molar-refractivity contribution in [2.75, 3.05) is 12.3 Å². The van der Waals surface area contributed by atoms with E-state index >= 15 is 0 Å². The molecule has 3 aromatic rings. The Kier molecular flexibility index (Phi) is 4.88. The second-order valence-electron chi connectivity index (χ2n) is 7.45. The van der Waals surface area contributed by atoms with Crippen LogP contribution in [0.2, 0.25) is 0 Å². The van der Waals surface area contributed by atoms with Crippen molar-refractivity contribution in [3.8, 4) is 22.3 Å². The molecule has 4 rings (SSSR count). The third-order valence-corrected chi connectivity index (χ3v) is 9.18. The zero-order valence-corrected chi connectivity index (χ0v) is 17.8. The fourth-order valence-electron chi connectivity index (χ4n) is 3.96. The molecule has 0 fully saturated rings. The number of fused-ring (bicyclic) bond motifs is 3. The summed E-state index contributed by atoms with van der Waals surface area (Å²) < 4.78 is 24.7. The van der Waals surface area contributed by atoms with Gasteiger partial charge in [-0.15, -0.1) is 0 Å². The summed E-state index contributed by atoms with van der Waals surface area (Å²) in [5, 5.41) is 2.27. The first-order valence-electron chi connectivity index (χ1n) is 9.51. The molecule has 0 amide bonds. The standard InChI is InChI=1S/C22H24O4P2/c1-3-27(23,24)13-16-11-20-18-9-5-7-15-8-6-10-19(22(15)18)21(20)12-17(16)14-28(25,26)4-2/h5-12H,3-4,13-14H2,1-2H3,(H,23,24)(H,25,26)/p-2. The van der Waals surface area contributed by atoms with Crippen molar-refractivity contribution in [2.45, 2.75) is 26.2 Å². The van der Waals surface area contributed by atoms with Crippen LogP contribution in [0.1, 0.15) is 25.0 Å². The van der Waals surface area contributed by atoms with Crippen LogP contribution in [-0.4, -0.2) is 12.3 Å². The lowest BCUT2D eigenvalue weighted by atomic mass is 9.98. The molecule has 0 radical (unpaired) electrons. The molecule has 0 saturated heterocycles. The van der Waals surface area contributed by atoms with E-state index in [1.54, 1.807) is 13.8 Å². The van der Waals surface area contributed by atoms with Gasteiger partial charge in [-0.25, -0.2) is 0 Å². The molecular weight excluding hydrogens is 390 g/mol. The van der Waals surface area contributed by atoms with Crippen LogP contribution in [0.15, 0.2) is 48.5 Å². The molecule has 1 aliphatic carbocycles. The van der Waals surface area contributed by atoms with Gasteiger partial charge >= 0.3 is 0 Å². The Morgan fingerprint density at radius 2 is 1.14 bits per heavy atom. The lowest BCUT2D eigenvalue weighted by Gasteiger charge is -2.27. The largest absolute Gasteiger partial charge is 0.799 e. The molecule has 0 saturated carbocycles. The summed E-state index contributed by atoms with van der Waals surface area (Å²) in [5.74, 6) is 0. The van der Waals surface area contributed by atoms with Crippen molar-refractivity contribution in [1.82, 2.24) is 0 Å². The van der Waals surface area contributed by atoms with Gasteiger partial charge in [-0.2, -0.15) is 0 Å². The van der Waals surface area contributed by atoms with Crippen LogP contribution in [-0.2, 0) is 21.5 Å². The highest BCUT2D eigenvalue weighted by molar-refractivity contribution is 7.56. The van der Waals surface area contributed by atoms with E-state index in [2.05, 4.69) is 12.1 Å². The van der Waals surface area contributed by atoms with Crippen LogP contribution >= 0.6 is 14.7 Å². The van der Waals surface area contributed by atoms with E-state index in [-0.39, 0.29) is 24.6 Å². The van der Waals surface area contributed by atoms with Gasteiger partial charge in [-0.1, -0.05) is 50.2 Å². The lowest BCUT2D eigenvalue weighted by Crippen LogP contribution is -2.10. The maximum absolute atomic E-state index is 12.3. The van der Waals surface area contributed by atoms with Crippen molar-refractivity contribution < 1.29 is 18.9 Å². The fraction of sp³-hybridized carbons (Fsp3) is 0.273. The summed E-state index contributed by atoms with van der Waals surface area (Å²) >= 11 is 0. The first-order valence-corrected chi connectivity index (χ1v) is 13.5. The Labute approximate surface area is 165 Å². The second kappa shape index (κ2) is 6.97. The third kappa shape index (κ3) is 3.40. The monoisotopic (exact) mass is 412 g/mol. The van der Waals surface area contributed by atoms with Crippen molar-refractivity contribution >= 4 is 25.5 Å². The van der Waals surface area contributed by atoms with Gasteiger partial charge in [0.05, 0.1) is 0 Å². The molecule has 3 aromatic carbocycles. The molecule has 0 N–H and O–H groups in total. The Morgan fingerprint density at radius 1 is 0.714 bits per heavy atom. The zero-order chi connectivity index (χ0) is 20.1. The fourth-order valence-corrected chi connectivity index (χ4v) is 6.04. The van der Waals surface area contributed by atoms with Gasteiger partial charge < -0.3 is 18.9 Å². The van der Waals surface area contributed by atoms with Crippen molar-refractivity contribution in [1.29, 1.82) is 0 Å². The minimum Gasteiger partial charge on any atom is -0.799 e. The minimum absolute atomic E-state index is 0.0577. The predicted molar refractivity (Wildman–Crippen MR) is 112 cm³/mol. The summed E-state index contributed by atoms with van der Waals surface area (Å²) in [6, 6.07) is 16.0. The molecule has 146 valence electrons. The molecular formula is C22H22O4P2-2. The summed E-state index contributed by atoms with van der Waals surface area (Å²) in [5.41, 5.74) is 5.34. The van der Waals surface area contributed by atoms with Crippen molar-refractivity contribution in [3.63, 3.8) is 0 Å². The van der Waals surface area contributed by atoms with E-state index in [4.69, 9.17) is 0 Å². The van der Waals surface area contributed by atoms with E-state index < -0.39 is 14.7 Å². The highest BCUT2D eigenvalue weighted by Gasteiger charge is 2.24. The summed E-state index contributed by atoms with van der Waals surface area (Å²) in [6.45, 7) is 3.25. The van der Waals surface area contributed by atoms with E-state index in [0.29, 0.717) is 11.1 Å². The van der Waals surface area contributed by atoms with Crippen molar-refractivity contribution in [3.05, 3.63) is 59.7 Å². The SMILES string of the molecule is CCP(=O)([O-])Cc1cc2c(cc1CP(=O)([O-])CC)-c1cccc3cccc-2c13. The number of rotatable bonds is 6. The van der Waals surface area contributed by atoms with Gasteiger partial charge in [0.2, 0.25) is 0 Å². The Bertz CT molecular complexity index is 1090. The lowest BCUT2D eigenvalue weighted by molar-refractivity contribution is -0.176. The molecule has 0 aromatic heterocycles. The molecule has 4 nitrogen and oxygen atoms in total. The van der Waals surface area contributed by atoms with Crippen LogP contribution in [0.25, 0.3) is 33.0 Å². The molecule has 1 aliphatic rings. The molecule has 6 heteroatoms. The first-order chi connectivity index (χ1) is 13.2. The highest BCUT2D eigenvalue weighted by Crippen LogP contribution is 2.51. The van der Waals surface area contributed by atoms with Crippen LogP contribution in [0.3, 0.4) is 0 Å². The first kappa shape index (κ1) is 19.6. The van der Waals surface area contributed by atoms with E-state index in [1.807, 2.05) is 36.4 Å². The van der Waals surface area contributed by atoms with Gasteiger partial charge in [0.15, 0.2) is 0 Å². The molecule has 2 unspecified atom stereocenters. The number of hydrogen-bond acceptors (Lipinski definition) is 4. The summed E-state index contributed by atoms with van der Waals surface area (Å²) in [7, 11) is -7.19. The Morgan fingerprint density at radius 3 is 1.54 bits per heavy atom. The third-order valence-electron chi connectivity index (χ3n) is 5.61. The summed E-state index contributed by atoms with van der Waals surface area (Å²) in [4.78, 5) is 24.7. The van der Waals surface area contributed by atoms with E-state index in [9.17, 15) is 18.9 Å². The number of hydrogen-bond donors (Lipinski definition) is 0. The predicted octanol–water partition coefficient (Wildman–Crippen LogP) is 4.80. The molecule has 0 heterocycles. The van der Waals surface area contributed by atoms with E-state index in [1.165, 1.54) is 0 Å². The molecule has 0 aliphatic heterocycles. The van der Waals surface area contributed by atoms with Crippen LogP contribution in [0.4, 0.5) is 0 Å². The maximum atomic E-state index is 12.3. The van der Waals surface area contributed by atoms with E-state index in [0.717, 1.165) is 33.0 Å². The quantitative estimate of drug-likeness (QED) is 0.426. The molecule has 28 heavy (non-hydrogen) atoms. The average molecular weight is 412 g/mol. The van der Waals surface area contributed by atoms with Gasteiger partial charge in [-0.05, 0) is 68.6 Å².